The van der Waals surface area contributed by atoms with Crippen LogP contribution in [0.2, 0.25) is 0 Å². The fourth-order valence-corrected chi connectivity index (χ4v) is 3.02. The van der Waals surface area contributed by atoms with Crippen molar-refractivity contribution in [1.82, 2.24) is 4.90 Å². The Morgan fingerprint density at radius 1 is 1.23 bits per heavy atom. The number of para-hydroxylation sites is 1. The highest BCUT2D eigenvalue weighted by Gasteiger charge is 2.24. The monoisotopic (exact) mass is 304 g/mol. The van der Waals surface area contributed by atoms with Gasteiger partial charge < -0.3 is 15.3 Å². The molecule has 1 aliphatic heterocycles. The van der Waals surface area contributed by atoms with Gasteiger partial charge in [-0.2, -0.15) is 0 Å². The van der Waals surface area contributed by atoms with Crippen molar-refractivity contribution in [3.05, 3.63) is 29.3 Å². The predicted molar refractivity (Wildman–Crippen MR) is 90.5 cm³/mol. The maximum Gasteiger partial charge on any atom is 0.321 e. The largest absolute Gasteiger partial charge is 0.391 e. The summed E-state index contributed by atoms with van der Waals surface area (Å²) in [5.74, 6) is 0.696. The number of β-amino-alcohol motifs (C(OH)–C–C–N with tert-alkyl or cyclic N) is 1. The van der Waals surface area contributed by atoms with Crippen LogP contribution in [0.4, 0.5) is 10.5 Å². The number of aliphatic hydroxyl groups is 1. The van der Waals surface area contributed by atoms with Gasteiger partial charge in [-0.15, -0.1) is 0 Å². The van der Waals surface area contributed by atoms with E-state index >= 15 is 0 Å². The molecule has 2 N–H and O–H groups in total. The molecule has 1 unspecified atom stereocenters. The Hall–Kier alpha value is -1.55. The molecule has 2 rings (SSSR count). The van der Waals surface area contributed by atoms with E-state index in [1.54, 1.807) is 4.90 Å². The second-order valence-electron chi connectivity index (χ2n) is 6.79. The zero-order chi connectivity index (χ0) is 16.3. The number of rotatable bonds is 3. The molecule has 2 amide bonds. The third kappa shape index (κ3) is 3.80. The summed E-state index contributed by atoms with van der Waals surface area (Å²) in [7, 11) is 0. The van der Waals surface area contributed by atoms with Gasteiger partial charge in [0, 0.05) is 18.8 Å². The number of hydrogen-bond donors (Lipinski definition) is 2. The molecule has 1 aliphatic rings. The van der Waals surface area contributed by atoms with Crippen LogP contribution in [0.25, 0.3) is 0 Å². The minimum atomic E-state index is -0.399. The first-order valence-electron chi connectivity index (χ1n) is 8.27. The van der Waals surface area contributed by atoms with E-state index in [4.69, 9.17) is 0 Å². The van der Waals surface area contributed by atoms with Gasteiger partial charge in [0.05, 0.1) is 6.10 Å². The standard InChI is InChI=1S/C18H28N2O2/c1-12(2)15-8-5-9-16(13(3)4)17(15)19-18(22)20-10-6-7-14(21)11-20/h5,8-9,12-14,21H,6-7,10-11H2,1-4H3,(H,19,22). The maximum absolute atomic E-state index is 12.6. The first-order valence-corrected chi connectivity index (χ1v) is 8.27. The molecule has 122 valence electrons. The van der Waals surface area contributed by atoms with E-state index < -0.39 is 6.10 Å². The van der Waals surface area contributed by atoms with Gasteiger partial charge in [0.25, 0.3) is 0 Å². The fourth-order valence-electron chi connectivity index (χ4n) is 3.02. The van der Waals surface area contributed by atoms with Crippen LogP contribution in [0.3, 0.4) is 0 Å². The second kappa shape index (κ2) is 7.14. The molecule has 0 bridgehead atoms. The average molecular weight is 304 g/mol. The lowest BCUT2D eigenvalue weighted by Crippen LogP contribution is -2.44. The average Bonchev–Trinajstić information content (AvgIpc) is 2.46. The molecule has 0 radical (unpaired) electrons. The highest BCUT2D eigenvalue weighted by Crippen LogP contribution is 2.32. The fraction of sp³-hybridized carbons (Fsp3) is 0.611. The number of amides is 2. The van der Waals surface area contributed by atoms with E-state index in [9.17, 15) is 9.90 Å². The van der Waals surface area contributed by atoms with E-state index in [2.05, 4.69) is 51.2 Å². The van der Waals surface area contributed by atoms with Gasteiger partial charge in [-0.3, -0.25) is 0 Å². The summed E-state index contributed by atoms with van der Waals surface area (Å²) in [6, 6.07) is 6.12. The number of benzene rings is 1. The number of aliphatic hydroxyl groups excluding tert-OH is 1. The van der Waals surface area contributed by atoms with Crippen molar-refractivity contribution in [3.8, 4) is 0 Å². The van der Waals surface area contributed by atoms with Crippen molar-refractivity contribution in [2.75, 3.05) is 18.4 Å². The van der Waals surface area contributed by atoms with Crippen LogP contribution in [0.15, 0.2) is 18.2 Å². The van der Waals surface area contributed by atoms with Crippen LogP contribution in [0, 0.1) is 0 Å². The third-order valence-electron chi connectivity index (χ3n) is 4.29. The number of urea groups is 1. The number of nitrogens with one attached hydrogen (secondary N) is 1. The Labute approximate surface area is 133 Å². The number of nitrogens with zero attached hydrogens (tertiary/aromatic N) is 1. The molecule has 4 heteroatoms. The molecule has 0 saturated carbocycles. The van der Waals surface area contributed by atoms with Crippen molar-refractivity contribution in [1.29, 1.82) is 0 Å². The van der Waals surface area contributed by atoms with E-state index in [0.717, 1.165) is 29.7 Å². The number of likely N-dealkylation sites (tertiary alicyclic amines) is 1. The number of anilines is 1. The van der Waals surface area contributed by atoms with Crippen LogP contribution >= 0.6 is 0 Å². The quantitative estimate of drug-likeness (QED) is 0.889. The number of hydrogen-bond acceptors (Lipinski definition) is 2. The number of carbonyl (C=O) groups is 1. The van der Waals surface area contributed by atoms with E-state index in [-0.39, 0.29) is 6.03 Å². The first kappa shape index (κ1) is 16.8. The van der Waals surface area contributed by atoms with Crippen LogP contribution in [-0.4, -0.2) is 35.2 Å². The van der Waals surface area contributed by atoms with Gasteiger partial charge >= 0.3 is 6.03 Å². The van der Waals surface area contributed by atoms with Crippen molar-refractivity contribution in [2.24, 2.45) is 0 Å². The SMILES string of the molecule is CC(C)c1cccc(C(C)C)c1NC(=O)N1CCCC(O)C1. The molecule has 0 spiro atoms. The molecule has 0 aromatic heterocycles. The van der Waals surface area contributed by atoms with E-state index in [1.807, 2.05) is 0 Å². The summed E-state index contributed by atoms with van der Waals surface area (Å²) >= 11 is 0. The van der Waals surface area contributed by atoms with Crippen molar-refractivity contribution in [2.45, 2.75) is 58.5 Å². The summed E-state index contributed by atoms with van der Waals surface area (Å²) in [6.45, 7) is 9.69. The molecule has 0 aliphatic carbocycles. The normalized spacial score (nSPS) is 18.9. The Balaban J connectivity index is 2.25. The molecule has 1 aromatic rings. The highest BCUT2D eigenvalue weighted by atomic mass is 16.3. The Morgan fingerprint density at radius 2 is 1.82 bits per heavy atom. The zero-order valence-electron chi connectivity index (χ0n) is 14.1. The van der Waals surface area contributed by atoms with Crippen molar-refractivity contribution in [3.63, 3.8) is 0 Å². The number of piperidine rings is 1. The van der Waals surface area contributed by atoms with Crippen molar-refractivity contribution >= 4 is 11.7 Å². The second-order valence-corrected chi connectivity index (χ2v) is 6.79. The predicted octanol–water partition coefficient (Wildman–Crippen LogP) is 3.92. The minimum Gasteiger partial charge on any atom is -0.391 e. The van der Waals surface area contributed by atoms with Crippen molar-refractivity contribution < 1.29 is 9.90 Å². The molecule has 22 heavy (non-hydrogen) atoms. The van der Waals surface area contributed by atoms with E-state index in [0.29, 0.717) is 24.9 Å². The number of carbonyl (C=O) groups excluding carboxylic acids is 1. The summed E-state index contributed by atoms with van der Waals surface area (Å²) < 4.78 is 0. The van der Waals surface area contributed by atoms with Gasteiger partial charge in [-0.25, -0.2) is 4.79 Å². The topological polar surface area (TPSA) is 52.6 Å². The first-order chi connectivity index (χ1) is 10.4. The van der Waals surface area contributed by atoms with Gasteiger partial charge in [0.15, 0.2) is 0 Å². The van der Waals surface area contributed by atoms with Gasteiger partial charge in [-0.1, -0.05) is 45.9 Å². The third-order valence-corrected chi connectivity index (χ3v) is 4.29. The van der Waals surface area contributed by atoms with Crippen LogP contribution in [0.1, 0.15) is 63.5 Å². The van der Waals surface area contributed by atoms with Crippen LogP contribution < -0.4 is 5.32 Å². The molecular formula is C18H28N2O2. The molecule has 1 saturated heterocycles. The zero-order valence-corrected chi connectivity index (χ0v) is 14.1. The molecular weight excluding hydrogens is 276 g/mol. The summed E-state index contributed by atoms with van der Waals surface area (Å²) in [4.78, 5) is 14.3. The van der Waals surface area contributed by atoms with Crippen LogP contribution in [0.5, 0.6) is 0 Å². The Morgan fingerprint density at radius 3 is 2.32 bits per heavy atom. The summed E-state index contributed by atoms with van der Waals surface area (Å²) in [5.41, 5.74) is 3.27. The lowest BCUT2D eigenvalue weighted by atomic mass is 9.92. The van der Waals surface area contributed by atoms with Gasteiger partial charge in [0.1, 0.15) is 0 Å². The Bertz CT molecular complexity index is 500. The lowest BCUT2D eigenvalue weighted by molar-refractivity contribution is 0.0883. The van der Waals surface area contributed by atoms with Gasteiger partial charge in [-0.05, 0) is 35.8 Å². The maximum atomic E-state index is 12.6. The van der Waals surface area contributed by atoms with Gasteiger partial charge in [0.2, 0.25) is 0 Å². The summed E-state index contributed by atoms with van der Waals surface area (Å²) in [6.07, 6.45) is 1.24. The molecule has 1 aromatic carbocycles. The smallest absolute Gasteiger partial charge is 0.321 e. The molecule has 1 atom stereocenters. The minimum absolute atomic E-state index is 0.103. The molecule has 1 heterocycles. The lowest BCUT2D eigenvalue weighted by Gasteiger charge is -2.31. The van der Waals surface area contributed by atoms with E-state index in [1.165, 1.54) is 0 Å². The summed E-state index contributed by atoms with van der Waals surface area (Å²) in [5, 5.41) is 12.9. The Kier molecular flexibility index (Phi) is 5.46. The van der Waals surface area contributed by atoms with Crippen LogP contribution in [-0.2, 0) is 0 Å². The highest BCUT2D eigenvalue weighted by molar-refractivity contribution is 5.91. The molecule has 4 nitrogen and oxygen atoms in total. The molecule has 1 fully saturated rings.